The molecule has 0 bridgehead atoms. The van der Waals surface area contributed by atoms with E-state index in [4.69, 9.17) is 18.6 Å². The van der Waals surface area contributed by atoms with Crippen LogP contribution in [0.15, 0.2) is 49.1 Å². The molecule has 0 spiro atoms. The average molecular weight is 345 g/mol. The van der Waals surface area contributed by atoms with Crippen LogP contribution in [0.3, 0.4) is 0 Å². The summed E-state index contributed by atoms with van der Waals surface area (Å²) < 4.78 is 34.7. The first-order valence-electron chi connectivity index (χ1n) is 7.31. The Kier molecular flexibility index (Phi) is 8.08. The summed E-state index contributed by atoms with van der Waals surface area (Å²) >= 11 is 0. The SMILES string of the molecule is Cc1cc[n+](CCCC[n+]2ccc(C)cc2)cc1.[O-][Cl+](O)(O)O. The fraction of sp³-hybridized carbons (Fsp3) is 0.375. The zero-order valence-corrected chi connectivity index (χ0v) is 14.2. The van der Waals surface area contributed by atoms with Crippen molar-refractivity contribution in [3.05, 3.63) is 60.2 Å². The zero-order chi connectivity index (χ0) is 17.3. The van der Waals surface area contributed by atoms with Gasteiger partial charge in [0.15, 0.2) is 24.8 Å². The fourth-order valence-electron chi connectivity index (χ4n) is 1.95. The Morgan fingerprint density at radius 1 is 0.783 bits per heavy atom. The molecule has 0 amide bonds. The fourth-order valence-corrected chi connectivity index (χ4v) is 1.95. The van der Waals surface area contributed by atoms with Crippen molar-refractivity contribution in [2.75, 3.05) is 0 Å². The van der Waals surface area contributed by atoms with Gasteiger partial charge in [0, 0.05) is 37.1 Å². The third kappa shape index (κ3) is 10.7. The third-order valence-electron chi connectivity index (χ3n) is 3.20. The summed E-state index contributed by atoms with van der Waals surface area (Å²) in [5, 5.41) is 0. The number of aromatic nitrogens is 2. The van der Waals surface area contributed by atoms with Crippen LogP contribution in [0.25, 0.3) is 0 Å². The molecule has 0 saturated carbocycles. The van der Waals surface area contributed by atoms with Gasteiger partial charge in [-0.25, -0.2) is 9.13 Å². The maximum absolute atomic E-state index is 8.83. The summed E-state index contributed by atoms with van der Waals surface area (Å²) in [6.07, 6.45) is 11.1. The summed E-state index contributed by atoms with van der Waals surface area (Å²) in [6, 6.07) is 8.65. The van der Waals surface area contributed by atoms with Crippen molar-refractivity contribution in [3.8, 4) is 0 Å². The van der Waals surface area contributed by atoms with E-state index in [9.17, 15) is 0 Å². The quantitative estimate of drug-likeness (QED) is 0.503. The maximum atomic E-state index is 8.83. The molecule has 3 N–H and O–H groups in total. The van der Waals surface area contributed by atoms with E-state index in [1.165, 1.54) is 24.0 Å². The number of unbranched alkanes of at least 4 members (excludes halogenated alkanes) is 1. The van der Waals surface area contributed by atoms with Gasteiger partial charge in [0.25, 0.3) is 0 Å². The van der Waals surface area contributed by atoms with E-state index in [2.05, 4.69) is 72.0 Å². The molecule has 128 valence electrons. The predicted octanol–water partition coefficient (Wildman–Crippen LogP) is -0.501. The van der Waals surface area contributed by atoms with Gasteiger partial charge in [-0.2, -0.15) is 0 Å². The summed E-state index contributed by atoms with van der Waals surface area (Å²) in [7, 11) is -4.19. The molecule has 23 heavy (non-hydrogen) atoms. The van der Waals surface area contributed by atoms with Gasteiger partial charge in [-0.1, -0.05) is 0 Å². The van der Waals surface area contributed by atoms with Crippen LogP contribution in [0, 0.1) is 24.1 Å². The number of pyridine rings is 2. The zero-order valence-electron chi connectivity index (χ0n) is 13.5. The predicted molar refractivity (Wildman–Crippen MR) is 78.6 cm³/mol. The molecule has 0 fully saturated rings. The standard InChI is InChI=1S/C16H22N2.ClH3O4/c1-15-5-11-17(12-6-15)9-3-4-10-18-13-7-16(2)8-14-18;2-1(3,4)5/h5-8,11-14H,3-4,9-10H2,1-2H3;2-4H/q+2;. The van der Waals surface area contributed by atoms with Crippen LogP contribution in [0.5, 0.6) is 0 Å². The van der Waals surface area contributed by atoms with Crippen LogP contribution in [-0.4, -0.2) is 14.0 Å². The van der Waals surface area contributed by atoms with Crippen LogP contribution in [-0.2, 0) is 13.1 Å². The first-order chi connectivity index (χ1) is 10.7. The molecular weight excluding hydrogens is 320 g/mol. The van der Waals surface area contributed by atoms with Crippen LogP contribution < -0.4 is 13.8 Å². The van der Waals surface area contributed by atoms with Gasteiger partial charge in [0.2, 0.25) is 0 Å². The minimum absolute atomic E-state index is 1.10. The Morgan fingerprint density at radius 3 is 1.30 bits per heavy atom. The van der Waals surface area contributed by atoms with Crippen molar-refractivity contribution in [1.82, 2.24) is 0 Å². The molecule has 0 aliphatic carbocycles. The van der Waals surface area contributed by atoms with Crippen LogP contribution in [0.4, 0.5) is 0 Å². The van der Waals surface area contributed by atoms with Crippen LogP contribution in [0.1, 0.15) is 24.0 Å². The molecule has 0 aromatic carbocycles. The molecule has 7 heteroatoms. The first kappa shape index (κ1) is 19.5. The Balaban J connectivity index is 0.000000463. The Bertz CT molecular complexity index is 515. The molecule has 0 unspecified atom stereocenters. The second-order valence-electron chi connectivity index (χ2n) is 5.37. The van der Waals surface area contributed by atoms with Crippen molar-refractivity contribution >= 4 is 0 Å². The minimum atomic E-state index is -4.19. The second kappa shape index (κ2) is 9.54. The normalized spacial score (nSPS) is 11.6. The van der Waals surface area contributed by atoms with Crippen LogP contribution >= 0.6 is 0 Å². The van der Waals surface area contributed by atoms with Gasteiger partial charge in [-0.15, -0.1) is 0 Å². The summed E-state index contributed by atoms with van der Waals surface area (Å²) in [5.74, 6) is 0. The summed E-state index contributed by atoms with van der Waals surface area (Å²) in [6.45, 7) is 6.45. The van der Waals surface area contributed by atoms with Crippen molar-refractivity contribution in [1.29, 1.82) is 0 Å². The van der Waals surface area contributed by atoms with Crippen molar-refractivity contribution in [2.24, 2.45) is 0 Å². The molecule has 2 heterocycles. The van der Waals surface area contributed by atoms with Gasteiger partial charge >= 0.3 is 28.9 Å². The molecule has 0 radical (unpaired) electrons. The Labute approximate surface area is 138 Å². The molecule has 2 aromatic rings. The van der Waals surface area contributed by atoms with Gasteiger partial charge in [0.05, 0.1) is 0 Å². The van der Waals surface area contributed by atoms with E-state index in [0.29, 0.717) is 0 Å². The number of hydrogen-bond acceptors (Lipinski definition) is 4. The topological polar surface area (TPSA) is 91.5 Å². The Morgan fingerprint density at radius 2 is 1.04 bits per heavy atom. The molecule has 0 aliphatic heterocycles. The molecule has 0 atom stereocenters. The summed E-state index contributed by atoms with van der Waals surface area (Å²) in [5.41, 5.74) is 2.64. The van der Waals surface area contributed by atoms with Crippen molar-refractivity contribution in [2.45, 2.75) is 39.8 Å². The van der Waals surface area contributed by atoms with Gasteiger partial charge in [-0.3, -0.25) is 0 Å². The van der Waals surface area contributed by atoms with E-state index in [1.54, 1.807) is 0 Å². The second-order valence-corrected chi connectivity index (χ2v) is 6.24. The van der Waals surface area contributed by atoms with Crippen molar-refractivity contribution < 1.29 is 38.0 Å². The molecule has 2 rings (SSSR count). The van der Waals surface area contributed by atoms with Crippen LogP contribution in [0.2, 0.25) is 0 Å². The third-order valence-corrected chi connectivity index (χ3v) is 3.20. The van der Waals surface area contributed by atoms with E-state index >= 15 is 0 Å². The molecular formula is C16H25ClN2O4+2. The van der Waals surface area contributed by atoms with Gasteiger partial charge in [-0.05, 0) is 25.0 Å². The first-order valence-corrected chi connectivity index (χ1v) is 8.64. The van der Waals surface area contributed by atoms with E-state index in [-0.39, 0.29) is 0 Å². The number of nitrogens with zero attached hydrogens (tertiary/aromatic N) is 2. The molecule has 2 aromatic heterocycles. The number of rotatable bonds is 5. The average Bonchev–Trinajstić information content (AvgIpc) is 2.46. The van der Waals surface area contributed by atoms with Gasteiger partial charge in [0.1, 0.15) is 13.1 Å². The number of halogens is 1. The van der Waals surface area contributed by atoms with E-state index in [0.717, 1.165) is 13.1 Å². The molecule has 0 saturated heterocycles. The monoisotopic (exact) mass is 344 g/mol. The number of hydrogen-bond donors (Lipinski definition) is 3. The Hall–Kier alpha value is -1.57. The molecule has 6 nitrogen and oxygen atoms in total. The summed E-state index contributed by atoms with van der Waals surface area (Å²) in [4.78, 5) is 0. The van der Waals surface area contributed by atoms with E-state index in [1.807, 2.05) is 0 Å². The van der Waals surface area contributed by atoms with Gasteiger partial charge < -0.3 is 0 Å². The van der Waals surface area contributed by atoms with Crippen molar-refractivity contribution in [3.63, 3.8) is 0 Å². The van der Waals surface area contributed by atoms with E-state index < -0.39 is 10.2 Å². The number of aryl methyl sites for hydroxylation is 4. The molecule has 0 aliphatic rings.